The Morgan fingerprint density at radius 1 is 1.09 bits per heavy atom. The van der Waals surface area contributed by atoms with Crippen molar-refractivity contribution < 1.29 is 4.79 Å². The van der Waals surface area contributed by atoms with E-state index in [-0.39, 0.29) is 18.3 Å². The van der Waals surface area contributed by atoms with Crippen LogP contribution in [0.3, 0.4) is 0 Å². The van der Waals surface area contributed by atoms with E-state index in [1.807, 2.05) is 17.0 Å². The smallest absolute Gasteiger partial charge is 0.258 e. The molecule has 0 unspecified atom stereocenters. The maximum absolute atomic E-state index is 13.0. The Morgan fingerprint density at radius 3 is 2.83 bits per heavy atom. The summed E-state index contributed by atoms with van der Waals surface area (Å²) in [6.45, 7) is 3.89. The number of aryl methyl sites for hydroxylation is 2. The molecule has 4 rings (SSSR count). The van der Waals surface area contributed by atoms with E-state index in [1.54, 1.807) is 0 Å². The van der Waals surface area contributed by atoms with Gasteiger partial charge < -0.3 is 10.2 Å². The third-order valence-corrected chi connectivity index (χ3v) is 4.66. The fourth-order valence-corrected chi connectivity index (χ4v) is 3.53. The Kier molecular flexibility index (Phi) is 4.31. The molecule has 2 aromatic rings. The predicted octanol–water partition coefficient (Wildman–Crippen LogP) is 3.98. The van der Waals surface area contributed by atoms with E-state index in [2.05, 4.69) is 36.5 Å². The fourth-order valence-electron chi connectivity index (χ4n) is 3.53. The topological polar surface area (TPSA) is 32.3 Å². The molecule has 3 nitrogen and oxygen atoms in total. The summed E-state index contributed by atoms with van der Waals surface area (Å²) in [6, 6.07) is 12.4. The molecule has 0 aromatic heterocycles. The molecule has 0 aliphatic carbocycles. The van der Waals surface area contributed by atoms with Crippen molar-refractivity contribution in [1.82, 2.24) is 0 Å². The van der Waals surface area contributed by atoms with Crippen molar-refractivity contribution >= 4 is 29.7 Å². The molecule has 2 aromatic carbocycles. The van der Waals surface area contributed by atoms with Gasteiger partial charge in [0, 0.05) is 30.0 Å². The Balaban J connectivity index is 0.00000156. The van der Waals surface area contributed by atoms with Crippen LogP contribution in [0.25, 0.3) is 0 Å². The van der Waals surface area contributed by atoms with Crippen molar-refractivity contribution in [3.05, 3.63) is 58.7 Å². The molecule has 1 amide bonds. The second-order valence-corrected chi connectivity index (χ2v) is 6.24. The normalized spacial score (nSPS) is 15.3. The Hall–Kier alpha value is -2.00. The average molecular weight is 329 g/mol. The summed E-state index contributed by atoms with van der Waals surface area (Å²) in [7, 11) is 0. The largest absolute Gasteiger partial charge is 0.384 e. The second-order valence-electron chi connectivity index (χ2n) is 6.24. The van der Waals surface area contributed by atoms with Gasteiger partial charge in [-0.25, -0.2) is 0 Å². The lowest BCUT2D eigenvalue weighted by Gasteiger charge is -2.30. The molecule has 0 radical (unpaired) electrons. The molecular weight excluding hydrogens is 308 g/mol. The lowest BCUT2D eigenvalue weighted by atomic mass is 9.98. The van der Waals surface area contributed by atoms with E-state index in [9.17, 15) is 4.79 Å². The molecular formula is C19H21ClN2O. The van der Waals surface area contributed by atoms with Crippen LogP contribution in [0.4, 0.5) is 11.4 Å². The van der Waals surface area contributed by atoms with Crippen LogP contribution in [-0.4, -0.2) is 19.0 Å². The molecule has 1 N–H and O–H groups in total. The highest BCUT2D eigenvalue weighted by Gasteiger charge is 2.24. The number of benzene rings is 2. The van der Waals surface area contributed by atoms with Gasteiger partial charge in [0.15, 0.2) is 0 Å². The van der Waals surface area contributed by atoms with Crippen LogP contribution in [0.5, 0.6) is 0 Å². The molecule has 0 saturated heterocycles. The van der Waals surface area contributed by atoms with Crippen LogP contribution >= 0.6 is 12.4 Å². The van der Waals surface area contributed by atoms with Gasteiger partial charge in [0.25, 0.3) is 5.91 Å². The van der Waals surface area contributed by atoms with Gasteiger partial charge in [-0.2, -0.15) is 0 Å². The van der Waals surface area contributed by atoms with Gasteiger partial charge in [0.1, 0.15) is 0 Å². The van der Waals surface area contributed by atoms with Crippen LogP contribution in [0.1, 0.15) is 33.5 Å². The first-order valence-corrected chi connectivity index (χ1v) is 8.00. The summed E-state index contributed by atoms with van der Waals surface area (Å²) in [6.07, 6.45) is 3.11. The number of rotatable bonds is 1. The van der Waals surface area contributed by atoms with Gasteiger partial charge >= 0.3 is 0 Å². The van der Waals surface area contributed by atoms with Crippen molar-refractivity contribution in [2.45, 2.75) is 26.2 Å². The van der Waals surface area contributed by atoms with Crippen LogP contribution in [0.15, 0.2) is 36.4 Å². The predicted molar refractivity (Wildman–Crippen MR) is 97.1 cm³/mol. The molecule has 2 heterocycles. The fraction of sp³-hybridized carbons (Fsp3) is 0.316. The molecule has 0 atom stereocenters. The number of hydrogen-bond acceptors (Lipinski definition) is 2. The summed E-state index contributed by atoms with van der Waals surface area (Å²) in [5.74, 6) is 0.125. The molecule has 2 aliphatic rings. The van der Waals surface area contributed by atoms with Crippen molar-refractivity contribution in [3.63, 3.8) is 0 Å². The van der Waals surface area contributed by atoms with Crippen molar-refractivity contribution in [1.29, 1.82) is 0 Å². The van der Waals surface area contributed by atoms with Gasteiger partial charge in [-0.1, -0.05) is 17.7 Å². The summed E-state index contributed by atoms with van der Waals surface area (Å²) in [5.41, 5.74) is 6.87. The van der Waals surface area contributed by atoms with Gasteiger partial charge in [-0.05, 0) is 61.6 Å². The Morgan fingerprint density at radius 2 is 1.96 bits per heavy atom. The molecule has 23 heavy (non-hydrogen) atoms. The van der Waals surface area contributed by atoms with E-state index in [0.717, 1.165) is 43.6 Å². The molecule has 4 heteroatoms. The minimum atomic E-state index is 0. The zero-order chi connectivity index (χ0) is 15.1. The van der Waals surface area contributed by atoms with Crippen molar-refractivity contribution in [2.24, 2.45) is 0 Å². The van der Waals surface area contributed by atoms with Gasteiger partial charge in [-0.15, -0.1) is 12.4 Å². The summed E-state index contributed by atoms with van der Waals surface area (Å²) in [5, 5.41) is 3.34. The summed E-state index contributed by atoms with van der Waals surface area (Å²) in [4.78, 5) is 14.9. The highest BCUT2D eigenvalue weighted by molar-refractivity contribution is 6.07. The first-order valence-electron chi connectivity index (χ1n) is 8.00. The van der Waals surface area contributed by atoms with Gasteiger partial charge in [-0.3, -0.25) is 4.79 Å². The minimum Gasteiger partial charge on any atom is -0.384 e. The minimum absolute atomic E-state index is 0. The van der Waals surface area contributed by atoms with E-state index in [0.29, 0.717) is 0 Å². The number of hydrogen-bond donors (Lipinski definition) is 1. The highest BCUT2D eigenvalue weighted by atomic mass is 35.5. The molecule has 120 valence electrons. The highest BCUT2D eigenvalue weighted by Crippen LogP contribution is 2.30. The monoisotopic (exact) mass is 328 g/mol. The number of halogens is 1. The van der Waals surface area contributed by atoms with E-state index in [1.165, 1.54) is 22.4 Å². The van der Waals surface area contributed by atoms with E-state index < -0.39 is 0 Å². The maximum atomic E-state index is 13.0. The van der Waals surface area contributed by atoms with Crippen molar-refractivity contribution in [3.8, 4) is 0 Å². The standard InChI is InChI=1S/C19H20N2O.ClH/c1-13-4-7-18-15(11-13)3-2-10-21(18)19(22)16-5-6-17-14(12-16)8-9-20-17;/h4-7,11-12,20H,2-3,8-10H2,1H3;1H. The maximum Gasteiger partial charge on any atom is 0.258 e. The number of nitrogens with zero attached hydrogens (tertiary/aromatic N) is 1. The molecule has 0 bridgehead atoms. The molecule has 2 aliphatic heterocycles. The summed E-state index contributed by atoms with van der Waals surface area (Å²) < 4.78 is 0. The zero-order valence-corrected chi connectivity index (χ0v) is 14.1. The lowest BCUT2D eigenvalue weighted by molar-refractivity contribution is 0.0985. The third-order valence-electron chi connectivity index (χ3n) is 4.66. The number of carbonyl (C=O) groups is 1. The molecule has 0 fully saturated rings. The third kappa shape index (κ3) is 2.81. The molecule has 0 spiro atoms. The Labute approximate surface area is 143 Å². The first kappa shape index (κ1) is 15.9. The number of anilines is 2. The SMILES string of the molecule is Cc1ccc2c(c1)CCCN2C(=O)c1ccc2c(c1)CCN2.Cl. The number of nitrogens with one attached hydrogen (secondary N) is 1. The van der Waals surface area contributed by atoms with Crippen LogP contribution in [0.2, 0.25) is 0 Å². The van der Waals surface area contributed by atoms with E-state index >= 15 is 0 Å². The van der Waals surface area contributed by atoms with Crippen LogP contribution < -0.4 is 10.2 Å². The van der Waals surface area contributed by atoms with Gasteiger partial charge in [0.05, 0.1) is 0 Å². The van der Waals surface area contributed by atoms with Crippen LogP contribution in [-0.2, 0) is 12.8 Å². The van der Waals surface area contributed by atoms with Crippen LogP contribution in [0, 0.1) is 6.92 Å². The van der Waals surface area contributed by atoms with E-state index in [4.69, 9.17) is 0 Å². The first-order chi connectivity index (χ1) is 10.7. The van der Waals surface area contributed by atoms with Crippen molar-refractivity contribution in [2.75, 3.05) is 23.3 Å². The lowest BCUT2D eigenvalue weighted by Crippen LogP contribution is -2.35. The quantitative estimate of drug-likeness (QED) is 0.858. The number of carbonyl (C=O) groups excluding carboxylic acids is 1. The summed E-state index contributed by atoms with van der Waals surface area (Å²) >= 11 is 0. The zero-order valence-electron chi connectivity index (χ0n) is 13.3. The second kappa shape index (κ2) is 6.25. The Bertz CT molecular complexity index is 757. The number of amides is 1. The van der Waals surface area contributed by atoms with Gasteiger partial charge in [0.2, 0.25) is 0 Å². The molecule has 0 saturated carbocycles. The number of fused-ring (bicyclic) bond motifs is 2. The average Bonchev–Trinajstić information content (AvgIpc) is 3.00.